The van der Waals surface area contributed by atoms with Crippen LogP contribution in [0.25, 0.3) is 16.7 Å². The zero-order valence-electron chi connectivity index (χ0n) is 26.9. The highest BCUT2D eigenvalue weighted by Gasteiger charge is 2.15. The van der Waals surface area contributed by atoms with Gasteiger partial charge in [0.25, 0.3) is 0 Å². The second kappa shape index (κ2) is 13.1. The van der Waals surface area contributed by atoms with Gasteiger partial charge in [-0.05, 0) is 124 Å². The second-order valence-corrected chi connectivity index (χ2v) is 11.9. The molecular formula is C45H39N. The molecular weight excluding hydrogens is 555 g/mol. The van der Waals surface area contributed by atoms with Crippen LogP contribution >= 0.6 is 0 Å². The van der Waals surface area contributed by atoms with Crippen LogP contribution in [0.3, 0.4) is 0 Å². The van der Waals surface area contributed by atoms with Gasteiger partial charge in [-0.15, -0.1) is 0 Å². The molecule has 0 radical (unpaired) electrons. The van der Waals surface area contributed by atoms with Gasteiger partial charge in [0.05, 0.1) is 0 Å². The minimum Gasteiger partial charge on any atom is -0.311 e. The summed E-state index contributed by atoms with van der Waals surface area (Å²) in [5.41, 5.74) is 16.7. The third-order valence-electron chi connectivity index (χ3n) is 8.83. The quantitative estimate of drug-likeness (QED) is 0.161. The van der Waals surface area contributed by atoms with Gasteiger partial charge in [0.1, 0.15) is 0 Å². The molecule has 0 bridgehead atoms. The van der Waals surface area contributed by atoms with Crippen molar-refractivity contribution >= 4 is 33.8 Å². The van der Waals surface area contributed by atoms with Crippen molar-refractivity contribution in [3.8, 4) is 0 Å². The Kier molecular flexibility index (Phi) is 8.68. The molecule has 0 spiro atoms. The van der Waals surface area contributed by atoms with Crippen LogP contribution in [0, 0.1) is 20.8 Å². The van der Waals surface area contributed by atoms with Gasteiger partial charge in [-0.1, -0.05) is 129 Å². The Bertz CT molecular complexity index is 1800. The van der Waals surface area contributed by atoms with Crippen molar-refractivity contribution in [1.29, 1.82) is 0 Å². The van der Waals surface area contributed by atoms with E-state index < -0.39 is 0 Å². The predicted octanol–water partition coefficient (Wildman–Crippen LogP) is 12.3. The molecule has 6 aromatic carbocycles. The molecule has 1 nitrogen and oxygen atoms in total. The van der Waals surface area contributed by atoms with Gasteiger partial charge in [0, 0.05) is 17.1 Å². The van der Waals surface area contributed by atoms with Gasteiger partial charge >= 0.3 is 0 Å². The molecule has 0 aliphatic heterocycles. The van der Waals surface area contributed by atoms with Crippen LogP contribution in [0.15, 0.2) is 165 Å². The SMILES string of the molecule is C=C(c1ccc(N(c2ccc(C(=C)c3ccccc3C)cc2)c2ccc(C(=C)c3ccccc3C)cc2)cc1)c1ccccc1C. The molecule has 6 aromatic rings. The number of hydrogen-bond donors (Lipinski definition) is 0. The highest BCUT2D eigenvalue weighted by atomic mass is 15.1. The van der Waals surface area contributed by atoms with E-state index in [1.165, 1.54) is 33.4 Å². The summed E-state index contributed by atoms with van der Waals surface area (Å²) >= 11 is 0. The van der Waals surface area contributed by atoms with E-state index in [2.05, 4.69) is 191 Å². The van der Waals surface area contributed by atoms with Crippen LogP contribution in [0.2, 0.25) is 0 Å². The number of aryl methyl sites for hydroxylation is 3. The summed E-state index contributed by atoms with van der Waals surface area (Å²) < 4.78 is 0. The molecule has 46 heavy (non-hydrogen) atoms. The molecule has 0 saturated carbocycles. The Morgan fingerprint density at radius 3 is 0.826 bits per heavy atom. The number of benzene rings is 6. The fourth-order valence-corrected chi connectivity index (χ4v) is 6.08. The zero-order valence-corrected chi connectivity index (χ0v) is 26.9. The third kappa shape index (κ3) is 6.14. The van der Waals surface area contributed by atoms with Gasteiger partial charge in [0.2, 0.25) is 0 Å². The lowest BCUT2D eigenvalue weighted by Crippen LogP contribution is -2.10. The Hall–Kier alpha value is -5.66. The van der Waals surface area contributed by atoms with Gasteiger partial charge in [-0.3, -0.25) is 0 Å². The highest BCUT2D eigenvalue weighted by Crippen LogP contribution is 2.38. The average Bonchev–Trinajstić information content (AvgIpc) is 3.09. The van der Waals surface area contributed by atoms with Gasteiger partial charge in [-0.25, -0.2) is 0 Å². The van der Waals surface area contributed by atoms with E-state index in [9.17, 15) is 0 Å². The van der Waals surface area contributed by atoms with E-state index in [1.807, 2.05) is 0 Å². The molecule has 6 rings (SSSR count). The second-order valence-electron chi connectivity index (χ2n) is 11.9. The van der Waals surface area contributed by atoms with Gasteiger partial charge < -0.3 is 4.90 Å². The largest absolute Gasteiger partial charge is 0.311 e. The first kappa shape index (κ1) is 30.4. The molecule has 0 heterocycles. The molecule has 0 aliphatic carbocycles. The smallest absolute Gasteiger partial charge is 0.0462 e. The Labute approximate surface area is 274 Å². The normalized spacial score (nSPS) is 10.8. The summed E-state index contributed by atoms with van der Waals surface area (Å²) in [6.45, 7) is 19.7. The van der Waals surface area contributed by atoms with Crippen LogP contribution in [0.4, 0.5) is 17.1 Å². The standard InChI is InChI=1S/C45H39N/c1-31-13-7-10-16-43(31)34(4)37-19-25-40(26-20-37)46(41-27-21-38(22-28-41)35(5)44-17-11-8-14-32(44)2)42-29-23-39(24-30-42)36(6)45-18-12-9-15-33(45)3/h7-30H,4-6H2,1-3H3. The highest BCUT2D eigenvalue weighted by molar-refractivity contribution is 5.86. The molecule has 0 aliphatic rings. The maximum atomic E-state index is 4.43. The van der Waals surface area contributed by atoms with Crippen LogP contribution in [0.1, 0.15) is 50.1 Å². The molecule has 0 amide bonds. The van der Waals surface area contributed by atoms with Crippen molar-refractivity contribution in [3.63, 3.8) is 0 Å². The Balaban J connectivity index is 1.36. The minimum atomic E-state index is 1.02. The van der Waals surface area contributed by atoms with E-state index in [1.54, 1.807) is 0 Å². The van der Waals surface area contributed by atoms with E-state index >= 15 is 0 Å². The van der Waals surface area contributed by atoms with Crippen LogP contribution in [0.5, 0.6) is 0 Å². The van der Waals surface area contributed by atoms with Crippen molar-refractivity contribution < 1.29 is 0 Å². The molecule has 0 fully saturated rings. The van der Waals surface area contributed by atoms with Gasteiger partial charge in [0.15, 0.2) is 0 Å². The Morgan fingerprint density at radius 1 is 0.348 bits per heavy atom. The average molecular weight is 594 g/mol. The fraction of sp³-hybridized carbons (Fsp3) is 0.0667. The van der Waals surface area contributed by atoms with Gasteiger partial charge in [-0.2, -0.15) is 0 Å². The fourth-order valence-electron chi connectivity index (χ4n) is 6.08. The summed E-state index contributed by atoms with van der Waals surface area (Å²) in [5.74, 6) is 0. The first-order chi connectivity index (χ1) is 22.3. The minimum absolute atomic E-state index is 1.02. The predicted molar refractivity (Wildman–Crippen MR) is 199 cm³/mol. The van der Waals surface area contributed by atoms with E-state index in [0.717, 1.165) is 50.5 Å². The molecule has 0 aromatic heterocycles. The topological polar surface area (TPSA) is 3.24 Å². The van der Waals surface area contributed by atoms with Crippen molar-refractivity contribution in [2.24, 2.45) is 0 Å². The number of anilines is 3. The number of nitrogens with zero attached hydrogens (tertiary/aromatic N) is 1. The molecule has 0 unspecified atom stereocenters. The number of rotatable bonds is 9. The summed E-state index contributed by atoms with van der Waals surface area (Å²) in [6, 6.07) is 51.3. The van der Waals surface area contributed by atoms with Crippen LogP contribution < -0.4 is 4.90 Å². The third-order valence-corrected chi connectivity index (χ3v) is 8.83. The van der Waals surface area contributed by atoms with Crippen molar-refractivity contribution in [3.05, 3.63) is 215 Å². The summed E-state index contributed by atoms with van der Waals surface area (Å²) in [6.07, 6.45) is 0. The van der Waals surface area contributed by atoms with E-state index in [4.69, 9.17) is 0 Å². The number of hydrogen-bond acceptors (Lipinski definition) is 1. The van der Waals surface area contributed by atoms with Crippen molar-refractivity contribution in [1.82, 2.24) is 0 Å². The lowest BCUT2D eigenvalue weighted by Gasteiger charge is -2.26. The first-order valence-corrected chi connectivity index (χ1v) is 15.7. The maximum absolute atomic E-state index is 4.43. The Morgan fingerprint density at radius 2 is 0.587 bits per heavy atom. The monoisotopic (exact) mass is 593 g/mol. The van der Waals surface area contributed by atoms with Crippen molar-refractivity contribution in [2.45, 2.75) is 20.8 Å². The maximum Gasteiger partial charge on any atom is 0.0462 e. The van der Waals surface area contributed by atoms with Crippen molar-refractivity contribution in [2.75, 3.05) is 4.90 Å². The molecule has 0 atom stereocenters. The van der Waals surface area contributed by atoms with E-state index in [-0.39, 0.29) is 0 Å². The molecule has 0 saturated heterocycles. The summed E-state index contributed by atoms with van der Waals surface area (Å²) in [5, 5.41) is 0. The lowest BCUT2D eigenvalue weighted by atomic mass is 9.95. The summed E-state index contributed by atoms with van der Waals surface area (Å²) in [7, 11) is 0. The lowest BCUT2D eigenvalue weighted by molar-refractivity contribution is 1.27. The van der Waals surface area contributed by atoms with Crippen LogP contribution in [-0.2, 0) is 0 Å². The molecule has 0 N–H and O–H groups in total. The summed E-state index contributed by atoms with van der Waals surface area (Å²) in [4.78, 5) is 2.29. The molecule has 1 heteroatoms. The molecule has 224 valence electrons. The van der Waals surface area contributed by atoms with E-state index in [0.29, 0.717) is 0 Å². The zero-order chi connectivity index (χ0) is 32.2. The first-order valence-electron chi connectivity index (χ1n) is 15.7. The van der Waals surface area contributed by atoms with Crippen LogP contribution in [-0.4, -0.2) is 0 Å².